The van der Waals surface area contributed by atoms with Crippen LogP contribution in [0.25, 0.3) is 0 Å². The van der Waals surface area contributed by atoms with Crippen LogP contribution in [0.4, 0.5) is 10.1 Å². The number of ketones is 1. The van der Waals surface area contributed by atoms with Crippen LogP contribution in [0, 0.1) is 17.2 Å². The summed E-state index contributed by atoms with van der Waals surface area (Å²) in [4.78, 5) is 71.3. The molecule has 2 aliphatic carbocycles. The summed E-state index contributed by atoms with van der Waals surface area (Å²) in [6, 6.07) is 2.66. The number of amides is 1. The third-order valence-corrected chi connectivity index (χ3v) is 9.48. The first-order valence-electron chi connectivity index (χ1n) is 17.1. The Balaban J connectivity index is 1.70. The van der Waals surface area contributed by atoms with Crippen LogP contribution in [0.15, 0.2) is 34.5 Å². The van der Waals surface area contributed by atoms with Gasteiger partial charge in [-0.1, -0.05) is 6.92 Å². The summed E-state index contributed by atoms with van der Waals surface area (Å²) in [6.45, 7) is 11.0. The lowest BCUT2D eigenvalue weighted by Gasteiger charge is -2.50. The number of halogens is 1. The van der Waals surface area contributed by atoms with Crippen molar-refractivity contribution in [2.45, 2.75) is 104 Å². The van der Waals surface area contributed by atoms with Crippen molar-refractivity contribution in [1.82, 2.24) is 10.6 Å². The van der Waals surface area contributed by atoms with E-state index >= 15 is 4.39 Å². The average molecular weight is 685 g/mol. The van der Waals surface area contributed by atoms with Crippen molar-refractivity contribution in [1.29, 1.82) is 0 Å². The molecule has 1 aromatic rings. The molecule has 2 N–H and O–H groups in total. The van der Waals surface area contributed by atoms with Crippen LogP contribution in [0.1, 0.15) is 96.8 Å². The minimum absolute atomic E-state index is 0.0510. The Kier molecular flexibility index (Phi) is 12.2. The fourth-order valence-corrected chi connectivity index (χ4v) is 6.79. The molecule has 0 radical (unpaired) electrons. The number of hydrogen-bond acceptors (Lipinski definition) is 11. The van der Waals surface area contributed by atoms with Gasteiger partial charge in [-0.3, -0.25) is 24.2 Å². The second-order valence-corrected chi connectivity index (χ2v) is 13.9. The highest BCUT2D eigenvalue weighted by molar-refractivity contribution is 5.98. The number of Topliss-reactive ketones (excluding diaryl/α,β-unsaturated/α-hetero) is 1. The van der Waals surface area contributed by atoms with Gasteiger partial charge in [0, 0.05) is 30.3 Å². The molecule has 13 heteroatoms. The summed E-state index contributed by atoms with van der Waals surface area (Å²) in [6.07, 6.45) is 4.16. The van der Waals surface area contributed by atoms with Crippen LogP contribution < -0.4 is 15.5 Å². The van der Waals surface area contributed by atoms with E-state index < -0.39 is 46.6 Å². The first kappa shape index (κ1) is 37.5. The van der Waals surface area contributed by atoms with Gasteiger partial charge in [-0.25, -0.2) is 9.18 Å². The number of esters is 3. The van der Waals surface area contributed by atoms with Gasteiger partial charge in [-0.15, -0.1) is 0 Å². The summed E-state index contributed by atoms with van der Waals surface area (Å²) >= 11 is 0. The Labute approximate surface area is 287 Å². The van der Waals surface area contributed by atoms with Crippen LogP contribution in [0.2, 0.25) is 0 Å². The van der Waals surface area contributed by atoms with Crippen molar-refractivity contribution in [3.63, 3.8) is 0 Å². The second-order valence-electron chi connectivity index (χ2n) is 13.9. The largest absolute Gasteiger partial charge is 0.466 e. The van der Waals surface area contributed by atoms with Crippen LogP contribution in [-0.2, 0) is 33.4 Å². The highest BCUT2D eigenvalue weighted by atomic mass is 19.1. The van der Waals surface area contributed by atoms with E-state index in [2.05, 4.69) is 15.6 Å². The molecule has 1 heterocycles. The SMILES string of the molecule is CCOC(=O)CC[C@H](NC(=O)c1ccc(N(C2CCC3=C(CN=CN3)C2)C2(COC(=O)C(C)(C)C)C(=O)CCC2C)cc1F)C(=O)OCC. The normalized spacial score (nSPS) is 22.5. The first-order valence-corrected chi connectivity index (χ1v) is 17.1. The number of nitrogens with one attached hydrogen (secondary N) is 2. The van der Waals surface area contributed by atoms with E-state index in [4.69, 9.17) is 14.2 Å². The van der Waals surface area contributed by atoms with Crippen LogP contribution >= 0.6 is 0 Å². The van der Waals surface area contributed by atoms with Crippen molar-refractivity contribution in [2.24, 2.45) is 16.3 Å². The number of benzene rings is 1. The smallest absolute Gasteiger partial charge is 0.328 e. The highest BCUT2D eigenvalue weighted by Crippen LogP contribution is 2.45. The van der Waals surface area contributed by atoms with E-state index in [-0.39, 0.29) is 62.4 Å². The summed E-state index contributed by atoms with van der Waals surface area (Å²) < 4.78 is 32.0. The van der Waals surface area contributed by atoms with Crippen molar-refractivity contribution in [3.8, 4) is 0 Å². The Morgan fingerprint density at radius 2 is 1.84 bits per heavy atom. The number of carbonyl (C=O) groups is 5. The minimum Gasteiger partial charge on any atom is -0.466 e. The fourth-order valence-electron chi connectivity index (χ4n) is 6.79. The maximum Gasteiger partial charge on any atom is 0.328 e. The Hall–Kier alpha value is -4.29. The van der Waals surface area contributed by atoms with Crippen molar-refractivity contribution >= 4 is 41.6 Å². The predicted molar refractivity (Wildman–Crippen MR) is 180 cm³/mol. The molecule has 3 aliphatic rings. The molecular formula is C36H49FN4O8. The molecule has 4 rings (SSSR count). The van der Waals surface area contributed by atoms with E-state index in [1.165, 1.54) is 12.1 Å². The molecule has 0 spiro atoms. The molecule has 12 nitrogen and oxygen atoms in total. The monoisotopic (exact) mass is 684 g/mol. The van der Waals surface area contributed by atoms with Gasteiger partial charge in [-0.05, 0) is 96.4 Å². The quantitative estimate of drug-likeness (QED) is 0.226. The third-order valence-electron chi connectivity index (χ3n) is 9.48. The van der Waals surface area contributed by atoms with E-state index in [9.17, 15) is 24.0 Å². The van der Waals surface area contributed by atoms with Gasteiger partial charge in [0.2, 0.25) is 0 Å². The standard InChI is InChI=1S/C36H49FN4O8/c1-7-47-31(43)16-14-29(33(45)48-8-2)40-32(44)26-12-10-25(18-27(26)37)41(24-11-13-28-23(17-24)19-38-21-39-28)36(22(3)9-15-30(36)42)20-49-34(46)35(4,5)6/h10,12,18,21-22,24,29H,7-9,11,13-17,19-20H2,1-6H3,(H,38,39)(H,40,44)/t22?,24?,29-,36?/m0/s1. The maximum atomic E-state index is 16.1. The Morgan fingerprint density at radius 1 is 1.10 bits per heavy atom. The lowest BCUT2D eigenvalue weighted by Crippen LogP contribution is -2.63. The van der Waals surface area contributed by atoms with Crippen LogP contribution in [-0.4, -0.2) is 79.9 Å². The molecule has 0 aromatic heterocycles. The third kappa shape index (κ3) is 8.48. The number of anilines is 1. The molecular weight excluding hydrogens is 635 g/mol. The van der Waals surface area contributed by atoms with Crippen LogP contribution in [0.5, 0.6) is 0 Å². The van der Waals surface area contributed by atoms with E-state index in [0.29, 0.717) is 37.9 Å². The maximum absolute atomic E-state index is 16.1. The summed E-state index contributed by atoms with van der Waals surface area (Å²) in [5.74, 6) is -3.81. The number of allylic oxidation sites excluding steroid dienone is 1. The second kappa shape index (κ2) is 15.9. The van der Waals surface area contributed by atoms with E-state index in [1.807, 2.05) is 11.8 Å². The van der Waals surface area contributed by atoms with Crippen molar-refractivity contribution in [2.75, 3.05) is 31.3 Å². The number of aliphatic imine (C=N–C) groups is 1. The number of nitrogens with zero attached hydrogens (tertiary/aromatic N) is 2. The molecule has 1 fully saturated rings. The van der Waals surface area contributed by atoms with Gasteiger partial charge < -0.3 is 29.7 Å². The molecule has 49 heavy (non-hydrogen) atoms. The Bertz CT molecular complexity index is 1500. The molecule has 1 amide bonds. The Morgan fingerprint density at radius 3 is 2.47 bits per heavy atom. The molecule has 1 aliphatic heterocycles. The molecule has 268 valence electrons. The zero-order valence-corrected chi connectivity index (χ0v) is 29.4. The van der Waals surface area contributed by atoms with Gasteiger partial charge in [0.25, 0.3) is 5.91 Å². The minimum atomic E-state index is -1.27. The molecule has 0 bridgehead atoms. The van der Waals surface area contributed by atoms with Gasteiger partial charge in [0.15, 0.2) is 5.78 Å². The number of carbonyl (C=O) groups excluding carboxylic acids is 5. The molecule has 3 unspecified atom stereocenters. The van der Waals surface area contributed by atoms with Crippen molar-refractivity contribution in [3.05, 3.63) is 40.8 Å². The summed E-state index contributed by atoms with van der Waals surface area (Å²) in [7, 11) is 0. The molecule has 0 saturated heterocycles. The molecule has 4 atom stereocenters. The fraction of sp³-hybridized carbons (Fsp3) is 0.611. The van der Waals surface area contributed by atoms with Gasteiger partial charge in [0.1, 0.15) is 24.0 Å². The van der Waals surface area contributed by atoms with Gasteiger partial charge in [-0.2, -0.15) is 0 Å². The lowest BCUT2D eigenvalue weighted by atomic mass is 9.80. The predicted octanol–water partition coefficient (Wildman–Crippen LogP) is 4.40. The van der Waals surface area contributed by atoms with Gasteiger partial charge >= 0.3 is 17.9 Å². The van der Waals surface area contributed by atoms with Crippen molar-refractivity contribution < 1.29 is 42.6 Å². The number of rotatable bonds is 13. The van der Waals surface area contributed by atoms with E-state index in [0.717, 1.165) is 11.3 Å². The molecule has 1 saturated carbocycles. The highest BCUT2D eigenvalue weighted by Gasteiger charge is 2.55. The average Bonchev–Trinajstić information content (AvgIpc) is 3.34. The number of ether oxygens (including phenoxy) is 3. The van der Waals surface area contributed by atoms with Gasteiger partial charge in [0.05, 0.1) is 37.1 Å². The van der Waals surface area contributed by atoms with Crippen LogP contribution in [0.3, 0.4) is 0 Å². The zero-order valence-electron chi connectivity index (χ0n) is 29.4. The van der Waals surface area contributed by atoms with E-state index in [1.54, 1.807) is 47.0 Å². The summed E-state index contributed by atoms with van der Waals surface area (Å²) in [5.41, 5.74) is 0.149. The zero-order chi connectivity index (χ0) is 35.9. The topological polar surface area (TPSA) is 153 Å². The lowest BCUT2D eigenvalue weighted by molar-refractivity contribution is -0.156. The summed E-state index contributed by atoms with van der Waals surface area (Å²) in [5, 5.41) is 5.74. The molecule has 1 aromatic carbocycles. The first-order chi connectivity index (χ1) is 23.2. The number of hydrogen-bond donors (Lipinski definition) is 2.